The van der Waals surface area contributed by atoms with Gasteiger partial charge in [0, 0.05) is 12.1 Å². The fraction of sp³-hybridized carbons (Fsp3) is 0.211. The average molecular weight is 386 g/mol. The maximum atomic E-state index is 12.7. The second kappa shape index (κ2) is 7.88. The second-order valence-electron chi connectivity index (χ2n) is 5.59. The third-order valence-electron chi connectivity index (χ3n) is 3.87. The van der Waals surface area contributed by atoms with Crippen LogP contribution in [0.25, 0.3) is 10.2 Å². The van der Waals surface area contributed by atoms with E-state index in [1.54, 1.807) is 42.0 Å². The van der Waals surface area contributed by atoms with Gasteiger partial charge in [0.05, 0.1) is 17.9 Å². The largest absolute Gasteiger partial charge is 0.497 e. The molecule has 3 rings (SSSR count). The molecular formula is C19H18N2O3S2. The van der Waals surface area contributed by atoms with Crippen LogP contribution in [0.2, 0.25) is 0 Å². The van der Waals surface area contributed by atoms with E-state index in [-0.39, 0.29) is 16.6 Å². The third kappa shape index (κ3) is 3.59. The molecular weight excluding hydrogens is 368 g/mol. The molecule has 2 heterocycles. The fourth-order valence-electron chi connectivity index (χ4n) is 2.51. The monoisotopic (exact) mass is 386 g/mol. The minimum absolute atomic E-state index is 0.0255. The van der Waals surface area contributed by atoms with Crippen LogP contribution in [0.3, 0.4) is 0 Å². The Balaban J connectivity index is 1.91. The van der Waals surface area contributed by atoms with Gasteiger partial charge in [-0.1, -0.05) is 17.8 Å². The van der Waals surface area contributed by atoms with Gasteiger partial charge in [0.15, 0.2) is 10.9 Å². The predicted molar refractivity (Wildman–Crippen MR) is 107 cm³/mol. The molecule has 5 nitrogen and oxygen atoms in total. The smallest absolute Gasteiger partial charge is 0.272 e. The molecule has 0 saturated carbocycles. The molecule has 0 aliphatic heterocycles. The van der Waals surface area contributed by atoms with Crippen molar-refractivity contribution in [2.24, 2.45) is 0 Å². The number of thioether (sulfide) groups is 1. The molecule has 0 N–H and O–H groups in total. The van der Waals surface area contributed by atoms with Crippen LogP contribution in [-0.4, -0.2) is 27.7 Å². The van der Waals surface area contributed by atoms with Crippen molar-refractivity contribution in [1.29, 1.82) is 0 Å². The van der Waals surface area contributed by atoms with E-state index < -0.39 is 0 Å². The highest BCUT2D eigenvalue weighted by atomic mass is 32.2. The molecule has 0 aliphatic carbocycles. The molecule has 0 aliphatic rings. The molecule has 0 bridgehead atoms. The lowest BCUT2D eigenvalue weighted by atomic mass is 10.1. The summed E-state index contributed by atoms with van der Waals surface area (Å²) in [6.45, 7) is 5.88. The van der Waals surface area contributed by atoms with Gasteiger partial charge in [-0.2, -0.15) is 0 Å². The van der Waals surface area contributed by atoms with Gasteiger partial charge in [0.1, 0.15) is 10.4 Å². The van der Waals surface area contributed by atoms with Crippen molar-refractivity contribution in [3.8, 4) is 5.75 Å². The van der Waals surface area contributed by atoms with E-state index in [0.29, 0.717) is 33.2 Å². The van der Waals surface area contributed by atoms with E-state index in [0.717, 1.165) is 0 Å². The summed E-state index contributed by atoms with van der Waals surface area (Å²) in [5, 5.41) is 1.98. The molecule has 0 saturated heterocycles. The molecule has 0 unspecified atom stereocenters. The molecule has 1 aromatic carbocycles. The van der Waals surface area contributed by atoms with Crippen molar-refractivity contribution in [2.75, 3.05) is 7.11 Å². The van der Waals surface area contributed by atoms with Crippen molar-refractivity contribution in [3.63, 3.8) is 0 Å². The molecule has 1 atom stereocenters. The van der Waals surface area contributed by atoms with Crippen LogP contribution in [0.15, 0.2) is 58.3 Å². The molecule has 134 valence electrons. The summed E-state index contributed by atoms with van der Waals surface area (Å²) in [5.41, 5.74) is 1.16. The maximum absolute atomic E-state index is 12.7. The first-order valence-corrected chi connectivity index (χ1v) is 9.75. The number of hydrogen-bond donors (Lipinski definition) is 0. The highest BCUT2D eigenvalue weighted by Gasteiger charge is 2.20. The number of hydrogen-bond acceptors (Lipinski definition) is 6. The Morgan fingerprint density at radius 1 is 1.38 bits per heavy atom. The zero-order chi connectivity index (χ0) is 18.7. The Kier molecular flexibility index (Phi) is 5.58. The van der Waals surface area contributed by atoms with Gasteiger partial charge in [-0.05, 0) is 42.6 Å². The number of carbonyl (C=O) groups is 1. The number of rotatable bonds is 7. The van der Waals surface area contributed by atoms with Crippen LogP contribution < -0.4 is 10.3 Å². The van der Waals surface area contributed by atoms with Gasteiger partial charge in [0.25, 0.3) is 5.56 Å². The van der Waals surface area contributed by atoms with Gasteiger partial charge in [-0.3, -0.25) is 14.2 Å². The number of allylic oxidation sites excluding steroid dienone is 1. The standard InChI is InChI=1S/C19H18N2O3S2/c1-4-10-21-18(23)17-15(9-11-25-17)20-19(21)26-12(2)16(22)13-5-7-14(24-3)8-6-13/h4-9,11-12H,1,10H2,2-3H3/t12-/m1/s1. The minimum atomic E-state index is -0.387. The Bertz CT molecular complexity index is 1010. The molecule has 0 fully saturated rings. The average Bonchev–Trinajstić information content (AvgIpc) is 3.13. The number of thiophene rings is 1. The maximum Gasteiger partial charge on any atom is 0.272 e. The van der Waals surface area contributed by atoms with Crippen LogP contribution in [0.1, 0.15) is 17.3 Å². The van der Waals surface area contributed by atoms with Crippen molar-refractivity contribution < 1.29 is 9.53 Å². The summed E-state index contributed by atoms with van der Waals surface area (Å²) in [5.74, 6) is 0.675. The zero-order valence-electron chi connectivity index (χ0n) is 14.5. The van der Waals surface area contributed by atoms with Crippen LogP contribution in [0.4, 0.5) is 0 Å². The minimum Gasteiger partial charge on any atom is -0.497 e. The predicted octanol–water partition coefficient (Wildman–Crippen LogP) is 4.02. The van der Waals surface area contributed by atoms with Gasteiger partial charge in [-0.15, -0.1) is 17.9 Å². The fourth-order valence-corrected chi connectivity index (χ4v) is 4.28. The summed E-state index contributed by atoms with van der Waals surface area (Å²) in [6, 6.07) is 8.82. The number of fused-ring (bicyclic) bond motifs is 1. The quantitative estimate of drug-likeness (QED) is 0.266. The number of ether oxygens (including phenoxy) is 1. The van der Waals surface area contributed by atoms with Gasteiger partial charge < -0.3 is 4.74 Å². The van der Waals surface area contributed by atoms with E-state index in [9.17, 15) is 9.59 Å². The summed E-state index contributed by atoms with van der Waals surface area (Å²) >= 11 is 2.65. The Morgan fingerprint density at radius 2 is 2.12 bits per heavy atom. The van der Waals surface area contributed by atoms with Crippen LogP contribution >= 0.6 is 23.1 Å². The Labute approximate surface area is 159 Å². The lowest BCUT2D eigenvalue weighted by Gasteiger charge is -2.14. The number of methoxy groups -OCH3 is 1. The Hall–Kier alpha value is -2.38. The SMILES string of the molecule is C=CCn1c(S[C@H](C)C(=O)c2ccc(OC)cc2)nc2ccsc2c1=O. The first-order valence-electron chi connectivity index (χ1n) is 7.99. The summed E-state index contributed by atoms with van der Waals surface area (Å²) < 4.78 is 7.30. The summed E-state index contributed by atoms with van der Waals surface area (Å²) in [7, 11) is 1.58. The van der Waals surface area contributed by atoms with E-state index in [4.69, 9.17) is 4.74 Å². The molecule has 2 aromatic heterocycles. The highest BCUT2D eigenvalue weighted by molar-refractivity contribution is 8.00. The topological polar surface area (TPSA) is 61.2 Å². The number of aromatic nitrogens is 2. The number of ketones is 1. The molecule has 26 heavy (non-hydrogen) atoms. The lowest BCUT2D eigenvalue weighted by molar-refractivity contribution is 0.0994. The van der Waals surface area contributed by atoms with E-state index >= 15 is 0 Å². The van der Waals surface area contributed by atoms with E-state index in [2.05, 4.69) is 11.6 Å². The number of Topliss-reactive ketones (excluding diaryl/α,β-unsaturated/α-hetero) is 1. The first kappa shape index (κ1) is 18.4. The van der Waals surface area contributed by atoms with Crippen molar-refractivity contribution in [2.45, 2.75) is 23.9 Å². The van der Waals surface area contributed by atoms with Gasteiger partial charge >= 0.3 is 0 Å². The van der Waals surface area contributed by atoms with Crippen LogP contribution in [0, 0.1) is 0 Å². The molecule has 0 radical (unpaired) electrons. The summed E-state index contributed by atoms with van der Waals surface area (Å²) in [4.78, 5) is 30.0. The summed E-state index contributed by atoms with van der Waals surface area (Å²) in [6.07, 6.45) is 1.66. The zero-order valence-corrected chi connectivity index (χ0v) is 16.1. The number of benzene rings is 1. The molecule has 0 spiro atoms. The van der Waals surface area contributed by atoms with Crippen LogP contribution in [0.5, 0.6) is 5.75 Å². The van der Waals surface area contributed by atoms with Crippen molar-refractivity contribution in [1.82, 2.24) is 9.55 Å². The van der Waals surface area contributed by atoms with Gasteiger partial charge in [-0.25, -0.2) is 4.98 Å². The Morgan fingerprint density at radius 3 is 2.77 bits per heavy atom. The normalized spacial score (nSPS) is 12.1. The van der Waals surface area contributed by atoms with Crippen LogP contribution in [-0.2, 0) is 6.54 Å². The molecule has 7 heteroatoms. The van der Waals surface area contributed by atoms with E-state index in [1.807, 2.05) is 18.4 Å². The number of nitrogens with zero attached hydrogens (tertiary/aromatic N) is 2. The third-order valence-corrected chi connectivity index (χ3v) is 5.85. The van der Waals surface area contributed by atoms with Crippen molar-refractivity contribution in [3.05, 3.63) is 64.3 Å². The first-order chi connectivity index (χ1) is 12.5. The second-order valence-corrected chi connectivity index (χ2v) is 7.81. The molecule has 0 amide bonds. The highest BCUT2D eigenvalue weighted by Crippen LogP contribution is 2.26. The van der Waals surface area contributed by atoms with Gasteiger partial charge in [0.2, 0.25) is 0 Å². The van der Waals surface area contributed by atoms with E-state index in [1.165, 1.54) is 23.1 Å². The lowest BCUT2D eigenvalue weighted by Crippen LogP contribution is -2.24. The number of carbonyl (C=O) groups excluding carboxylic acids is 1. The van der Waals surface area contributed by atoms with Crippen molar-refractivity contribution >= 4 is 39.1 Å². The molecule has 3 aromatic rings.